The molecule has 11 heavy (non-hydrogen) atoms. The van der Waals surface area contributed by atoms with Crippen LogP contribution in [0.4, 0.5) is 0 Å². The molecule has 0 aromatic heterocycles. The first-order chi connectivity index (χ1) is 5.35. The third-order valence-electron chi connectivity index (χ3n) is 1.69. The maximum Gasteiger partial charge on any atom is 0.145 e. The van der Waals surface area contributed by atoms with Crippen LogP contribution in [0.25, 0.3) is 0 Å². The van der Waals surface area contributed by atoms with Crippen molar-refractivity contribution in [3.05, 3.63) is 11.6 Å². The van der Waals surface area contributed by atoms with Gasteiger partial charge in [-0.3, -0.25) is 4.79 Å². The smallest absolute Gasteiger partial charge is 0.145 e. The Kier molecular flexibility index (Phi) is 7.11. The van der Waals surface area contributed by atoms with E-state index in [9.17, 15) is 4.79 Å². The zero-order valence-corrected chi connectivity index (χ0v) is 7.60. The van der Waals surface area contributed by atoms with Gasteiger partial charge in [0.05, 0.1) is 0 Å². The van der Waals surface area contributed by atoms with Crippen LogP contribution in [0.1, 0.15) is 46.0 Å². The molecule has 0 aliphatic carbocycles. The van der Waals surface area contributed by atoms with Gasteiger partial charge in [0.2, 0.25) is 0 Å². The van der Waals surface area contributed by atoms with Crippen LogP contribution in [0.5, 0.6) is 0 Å². The maximum atomic E-state index is 10.4. The quantitative estimate of drug-likeness (QED) is 0.326. The van der Waals surface area contributed by atoms with E-state index >= 15 is 0 Å². The number of hydrogen-bond donors (Lipinski definition) is 0. The van der Waals surface area contributed by atoms with E-state index in [2.05, 4.69) is 13.8 Å². The van der Waals surface area contributed by atoms with Gasteiger partial charge in [-0.25, -0.2) is 0 Å². The number of unbranched alkanes of at least 4 members (excludes halogenated alkanes) is 2. The highest BCUT2D eigenvalue weighted by molar-refractivity contribution is 5.72. The second-order valence-corrected chi connectivity index (χ2v) is 2.76. The molecule has 0 heterocycles. The summed E-state index contributed by atoms with van der Waals surface area (Å²) in [6.07, 6.45) is 8.54. The Morgan fingerprint density at radius 2 is 2.00 bits per heavy atom. The lowest BCUT2D eigenvalue weighted by atomic mass is 10.1. The molecular formula is C10H18O. The van der Waals surface area contributed by atoms with Crippen molar-refractivity contribution < 1.29 is 4.79 Å². The second-order valence-electron chi connectivity index (χ2n) is 2.76. The standard InChI is InChI=1S/C10H18O/c1-3-5-6-8-10(9-11)7-4-2/h7,9H,3-6,8H2,1-2H3. The molecule has 0 unspecified atom stereocenters. The molecular weight excluding hydrogens is 136 g/mol. The van der Waals surface area contributed by atoms with Crippen LogP contribution in [-0.4, -0.2) is 6.29 Å². The average molecular weight is 154 g/mol. The van der Waals surface area contributed by atoms with Crippen molar-refractivity contribution in [3.63, 3.8) is 0 Å². The molecule has 0 aromatic rings. The fourth-order valence-electron chi connectivity index (χ4n) is 1.05. The van der Waals surface area contributed by atoms with Gasteiger partial charge in [0.1, 0.15) is 6.29 Å². The molecule has 0 aromatic carbocycles. The number of carbonyl (C=O) groups excluding carboxylic acids is 1. The van der Waals surface area contributed by atoms with Gasteiger partial charge in [-0.05, 0) is 24.8 Å². The highest BCUT2D eigenvalue weighted by atomic mass is 16.1. The van der Waals surface area contributed by atoms with Crippen LogP contribution < -0.4 is 0 Å². The molecule has 0 radical (unpaired) electrons. The summed E-state index contributed by atoms with van der Waals surface area (Å²) in [5.41, 5.74) is 0.973. The Bertz CT molecular complexity index is 125. The van der Waals surface area contributed by atoms with Crippen LogP contribution in [0.15, 0.2) is 11.6 Å². The van der Waals surface area contributed by atoms with E-state index in [1.54, 1.807) is 0 Å². The normalized spacial score (nSPS) is 11.6. The Morgan fingerprint density at radius 3 is 2.45 bits per heavy atom. The SMILES string of the molecule is CCC=C(C=O)CCCCC. The summed E-state index contributed by atoms with van der Waals surface area (Å²) in [5.74, 6) is 0. The van der Waals surface area contributed by atoms with Crippen LogP contribution in [0.2, 0.25) is 0 Å². The van der Waals surface area contributed by atoms with Crippen LogP contribution in [-0.2, 0) is 4.79 Å². The first kappa shape index (κ1) is 10.4. The van der Waals surface area contributed by atoms with Gasteiger partial charge in [-0.1, -0.05) is 32.8 Å². The lowest BCUT2D eigenvalue weighted by Crippen LogP contribution is -1.85. The van der Waals surface area contributed by atoms with Crippen molar-refractivity contribution in [1.29, 1.82) is 0 Å². The van der Waals surface area contributed by atoms with E-state index in [1.807, 2.05) is 6.08 Å². The fourth-order valence-corrected chi connectivity index (χ4v) is 1.05. The summed E-state index contributed by atoms with van der Waals surface area (Å²) < 4.78 is 0. The summed E-state index contributed by atoms with van der Waals surface area (Å²) in [7, 11) is 0. The summed E-state index contributed by atoms with van der Waals surface area (Å²) in [4.78, 5) is 10.4. The summed E-state index contributed by atoms with van der Waals surface area (Å²) in [5, 5.41) is 0. The summed E-state index contributed by atoms with van der Waals surface area (Å²) in [6.45, 7) is 4.23. The van der Waals surface area contributed by atoms with Crippen molar-refractivity contribution in [1.82, 2.24) is 0 Å². The van der Waals surface area contributed by atoms with Gasteiger partial charge in [0, 0.05) is 0 Å². The second kappa shape index (κ2) is 7.52. The van der Waals surface area contributed by atoms with Gasteiger partial charge < -0.3 is 0 Å². The van der Waals surface area contributed by atoms with Crippen LogP contribution >= 0.6 is 0 Å². The molecule has 0 N–H and O–H groups in total. The minimum atomic E-state index is 0.963. The highest BCUT2D eigenvalue weighted by Crippen LogP contribution is 2.07. The molecule has 0 fully saturated rings. The van der Waals surface area contributed by atoms with Gasteiger partial charge >= 0.3 is 0 Å². The minimum absolute atomic E-state index is 0.963. The lowest BCUT2D eigenvalue weighted by molar-refractivity contribution is -0.105. The Morgan fingerprint density at radius 1 is 1.27 bits per heavy atom. The third-order valence-corrected chi connectivity index (χ3v) is 1.69. The molecule has 0 spiro atoms. The topological polar surface area (TPSA) is 17.1 Å². The van der Waals surface area contributed by atoms with Crippen molar-refractivity contribution in [2.45, 2.75) is 46.0 Å². The minimum Gasteiger partial charge on any atom is -0.298 e. The first-order valence-corrected chi connectivity index (χ1v) is 4.49. The number of rotatable bonds is 6. The van der Waals surface area contributed by atoms with Gasteiger partial charge in [-0.15, -0.1) is 0 Å². The molecule has 0 amide bonds. The van der Waals surface area contributed by atoms with Gasteiger partial charge in [-0.2, -0.15) is 0 Å². The summed E-state index contributed by atoms with van der Waals surface area (Å²) >= 11 is 0. The van der Waals surface area contributed by atoms with Crippen molar-refractivity contribution in [3.8, 4) is 0 Å². The lowest BCUT2D eigenvalue weighted by Gasteiger charge is -1.97. The van der Waals surface area contributed by atoms with Crippen molar-refractivity contribution in [2.75, 3.05) is 0 Å². The largest absolute Gasteiger partial charge is 0.298 e. The first-order valence-electron chi connectivity index (χ1n) is 4.49. The van der Waals surface area contributed by atoms with E-state index in [-0.39, 0.29) is 0 Å². The Balaban J connectivity index is 3.52. The Hall–Kier alpha value is -0.590. The van der Waals surface area contributed by atoms with Crippen molar-refractivity contribution in [2.24, 2.45) is 0 Å². The monoisotopic (exact) mass is 154 g/mol. The molecule has 0 aliphatic heterocycles. The molecule has 0 bridgehead atoms. The van der Waals surface area contributed by atoms with Crippen LogP contribution in [0, 0.1) is 0 Å². The van der Waals surface area contributed by atoms with Crippen LogP contribution in [0.3, 0.4) is 0 Å². The zero-order valence-electron chi connectivity index (χ0n) is 7.60. The predicted octanol–water partition coefficient (Wildman–Crippen LogP) is 3.10. The Labute approximate surface area is 69.5 Å². The molecule has 0 rings (SSSR count). The maximum absolute atomic E-state index is 10.4. The van der Waals surface area contributed by atoms with Crippen molar-refractivity contribution >= 4 is 6.29 Å². The van der Waals surface area contributed by atoms with E-state index in [0.717, 1.165) is 31.1 Å². The molecule has 0 atom stereocenters. The predicted molar refractivity (Wildman–Crippen MR) is 48.6 cm³/mol. The van der Waals surface area contributed by atoms with Gasteiger partial charge in [0.15, 0.2) is 0 Å². The zero-order chi connectivity index (χ0) is 8.53. The van der Waals surface area contributed by atoms with E-state index < -0.39 is 0 Å². The van der Waals surface area contributed by atoms with Gasteiger partial charge in [0.25, 0.3) is 0 Å². The number of carbonyl (C=O) groups is 1. The van der Waals surface area contributed by atoms with E-state index in [0.29, 0.717) is 0 Å². The molecule has 1 heteroatoms. The molecule has 0 aliphatic rings. The fraction of sp³-hybridized carbons (Fsp3) is 0.700. The number of aldehydes is 1. The molecule has 0 saturated carbocycles. The molecule has 0 saturated heterocycles. The third kappa shape index (κ3) is 5.84. The molecule has 1 nitrogen and oxygen atoms in total. The summed E-state index contributed by atoms with van der Waals surface area (Å²) in [6, 6.07) is 0. The average Bonchev–Trinajstić information content (AvgIpc) is 2.03. The van der Waals surface area contributed by atoms with E-state index in [1.165, 1.54) is 12.8 Å². The molecule has 64 valence electrons. The number of allylic oxidation sites excluding steroid dienone is 2. The highest BCUT2D eigenvalue weighted by Gasteiger charge is 1.92. The van der Waals surface area contributed by atoms with E-state index in [4.69, 9.17) is 0 Å². The number of hydrogen-bond acceptors (Lipinski definition) is 1.